The van der Waals surface area contributed by atoms with Crippen LogP contribution >= 0.6 is 0 Å². The van der Waals surface area contributed by atoms with E-state index in [2.05, 4.69) is 34.5 Å². The molecule has 2 aromatic rings. The predicted molar refractivity (Wildman–Crippen MR) is 98.1 cm³/mol. The van der Waals surface area contributed by atoms with Crippen LogP contribution in [0.2, 0.25) is 0 Å². The SMILES string of the molecule is NC(Cc1ccccc1)C(=O)NCCCN1CCc2ccccc21. The van der Waals surface area contributed by atoms with Crippen LogP contribution in [0.3, 0.4) is 0 Å². The van der Waals surface area contributed by atoms with Crippen molar-refractivity contribution in [2.24, 2.45) is 5.73 Å². The van der Waals surface area contributed by atoms with Crippen molar-refractivity contribution in [2.75, 3.05) is 24.5 Å². The molecule has 1 heterocycles. The molecule has 1 amide bonds. The third-order valence-electron chi connectivity index (χ3n) is 4.52. The Morgan fingerprint density at radius 2 is 1.88 bits per heavy atom. The first-order chi connectivity index (χ1) is 11.7. The summed E-state index contributed by atoms with van der Waals surface area (Å²) in [5.74, 6) is -0.0688. The highest BCUT2D eigenvalue weighted by atomic mass is 16.2. The van der Waals surface area contributed by atoms with Crippen LogP contribution in [0.4, 0.5) is 5.69 Å². The average molecular weight is 323 g/mol. The zero-order chi connectivity index (χ0) is 16.8. The van der Waals surface area contributed by atoms with Crippen LogP contribution < -0.4 is 16.0 Å². The number of nitrogens with two attached hydrogens (primary N) is 1. The molecule has 3 rings (SSSR count). The van der Waals surface area contributed by atoms with Crippen molar-refractivity contribution in [2.45, 2.75) is 25.3 Å². The highest BCUT2D eigenvalue weighted by molar-refractivity contribution is 5.81. The number of carbonyl (C=O) groups is 1. The van der Waals surface area contributed by atoms with Crippen molar-refractivity contribution >= 4 is 11.6 Å². The summed E-state index contributed by atoms with van der Waals surface area (Å²) in [6, 6.07) is 18.0. The third-order valence-corrected chi connectivity index (χ3v) is 4.52. The molecule has 0 saturated heterocycles. The molecule has 0 radical (unpaired) electrons. The van der Waals surface area contributed by atoms with Crippen LogP contribution in [-0.4, -0.2) is 31.6 Å². The molecule has 0 saturated carbocycles. The zero-order valence-corrected chi connectivity index (χ0v) is 13.9. The average Bonchev–Trinajstić information content (AvgIpc) is 3.02. The zero-order valence-electron chi connectivity index (χ0n) is 13.9. The second-order valence-electron chi connectivity index (χ2n) is 6.31. The largest absolute Gasteiger partial charge is 0.371 e. The number of carbonyl (C=O) groups excluding carboxylic acids is 1. The van der Waals surface area contributed by atoms with E-state index < -0.39 is 6.04 Å². The summed E-state index contributed by atoms with van der Waals surface area (Å²) < 4.78 is 0. The van der Waals surface area contributed by atoms with E-state index in [-0.39, 0.29) is 5.91 Å². The van der Waals surface area contributed by atoms with Crippen molar-refractivity contribution in [1.29, 1.82) is 0 Å². The van der Waals surface area contributed by atoms with Crippen molar-refractivity contribution in [3.05, 3.63) is 65.7 Å². The lowest BCUT2D eigenvalue weighted by molar-refractivity contribution is -0.122. The number of anilines is 1. The molecular formula is C20H25N3O. The van der Waals surface area contributed by atoms with Crippen molar-refractivity contribution in [3.8, 4) is 0 Å². The van der Waals surface area contributed by atoms with Crippen LogP contribution in [0.25, 0.3) is 0 Å². The Hall–Kier alpha value is -2.33. The standard InChI is InChI=1S/C20H25N3O/c21-18(15-16-7-2-1-3-8-16)20(24)22-12-6-13-23-14-11-17-9-4-5-10-19(17)23/h1-5,7-10,18H,6,11-15,21H2,(H,22,24). The molecule has 1 atom stereocenters. The molecule has 0 bridgehead atoms. The second-order valence-corrected chi connectivity index (χ2v) is 6.31. The highest BCUT2D eigenvalue weighted by Gasteiger charge is 2.18. The van der Waals surface area contributed by atoms with Crippen LogP contribution in [-0.2, 0) is 17.6 Å². The summed E-state index contributed by atoms with van der Waals surface area (Å²) in [5, 5.41) is 2.96. The predicted octanol–water partition coefficient (Wildman–Crippen LogP) is 2.13. The first-order valence-corrected chi connectivity index (χ1v) is 8.64. The van der Waals surface area contributed by atoms with Gasteiger partial charge in [-0.15, -0.1) is 0 Å². The van der Waals surface area contributed by atoms with Gasteiger partial charge < -0.3 is 16.0 Å². The van der Waals surface area contributed by atoms with Gasteiger partial charge >= 0.3 is 0 Å². The summed E-state index contributed by atoms with van der Waals surface area (Å²) in [6.45, 7) is 2.70. The fourth-order valence-corrected chi connectivity index (χ4v) is 3.21. The van der Waals surface area contributed by atoms with Gasteiger partial charge in [0.2, 0.25) is 5.91 Å². The summed E-state index contributed by atoms with van der Waals surface area (Å²) >= 11 is 0. The lowest BCUT2D eigenvalue weighted by Gasteiger charge is -2.19. The fraction of sp³-hybridized carbons (Fsp3) is 0.350. The number of hydrogen-bond donors (Lipinski definition) is 2. The minimum atomic E-state index is -0.486. The summed E-state index contributed by atoms with van der Waals surface area (Å²) in [4.78, 5) is 14.5. The molecule has 24 heavy (non-hydrogen) atoms. The number of nitrogens with zero attached hydrogens (tertiary/aromatic N) is 1. The van der Waals surface area contributed by atoms with Crippen molar-refractivity contribution in [3.63, 3.8) is 0 Å². The topological polar surface area (TPSA) is 58.4 Å². The first-order valence-electron chi connectivity index (χ1n) is 8.64. The summed E-state index contributed by atoms with van der Waals surface area (Å²) in [6.07, 6.45) is 2.62. The van der Waals surface area contributed by atoms with Gasteiger partial charge in [-0.05, 0) is 36.5 Å². The van der Waals surface area contributed by atoms with E-state index in [9.17, 15) is 4.79 Å². The minimum absolute atomic E-state index is 0.0688. The molecule has 0 spiro atoms. The highest BCUT2D eigenvalue weighted by Crippen LogP contribution is 2.27. The number of fused-ring (bicyclic) bond motifs is 1. The van der Waals surface area contributed by atoms with Gasteiger partial charge in [0.1, 0.15) is 0 Å². The van der Waals surface area contributed by atoms with Crippen LogP contribution in [0.15, 0.2) is 54.6 Å². The summed E-state index contributed by atoms with van der Waals surface area (Å²) in [7, 11) is 0. The Labute approximate surface area is 143 Å². The quantitative estimate of drug-likeness (QED) is 0.768. The third kappa shape index (κ3) is 4.15. The van der Waals surface area contributed by atoms with Crippen molar-refractivity contribution in [1.82, 2.24) is 5.32 Å². The van der Waals surface area contributed by atoms with E-state index in [1.165, 1.54) is 11.3 Å². The summed E-state index contributed by atoms with van der Waals surface area (Å²) in [5.41, 5.74) is 9.85. The minimum Gasteiger partial charge on any atom is -0.371 e. The van der Waals surface area contributed by atoms with Crippen molar-refractivity contribution < 1.29 is 4.79 Å². The Bertz CT molecular complexity index is 672. The number of para-hydroxylation sites is 1. The van der Waals surface area contributed by atoms with Gasteiger partial charge in [-0.25, -0.2) is 0 Å². The Balaban J connectivity index is 1.38. The van der Waals surface area contributed by atoms with E-state index in [0.29, 0.717) is 13.0 Å². The van der Waals surface area contributed by atoms with Gasteiger partial charge in [0.25, 0.3) is 0 Å². The number of rotatable bonds is 7. The van der Waals surface area contributed by atoms with Crippen LogP contribution in [0, 0.1) is 0 Å². The van der Waals surface area contributed by atoms with E-state index in [1.807, 2.05) is 30.3 Å². The van der Waals surface area contributed by atoms with Gasteiger partial charge in [0.15, 0.2) is 0 Å². The van der Waals surface area contributed by atoms with E-state index >= 15 is 0 Å². The molecule has 2 aromatic carbocycles. The number of benzene rings is 2. The molecule has 1 aliphatic heterocycles. The molecule has 3 N–H and O–H groups in total. The molecule has 0 aliphatic carbocycles. The molecule has 1 unspecified atom stereocenters. The number of nitrogens with one attached hydrogen (secondary N) is 1. The van der Waals surface area contributed by atoms with Crippen LogP contribution in [0.1, 0.15) is 17.5 Å². The Morgan fingerprint density at radius 1 is 1.12 bits per heavy atom. The van der Waals surface area contributed by atoms with Gasteiger partial charge in [-0.2, -0.15) is 0 Å². The Morgan fingerprint density at radius 3 is 2.71 bits per heavy atom. The maximum absolute atomic E-state index is 12.1. The molecule has 0 fully saturated rings. The van der Waals surface area contributed by atoms with Gasteiger partial charge in [0.05, 0.1) is 6.04 Å². The fourth-order valence-electron chi connectivity index (χ4n) is 3.21. The van der Waals surface area contributed by atoms with E-state index in [0.717, 1.165) is 31.5 Å². The van der Waals surface area contributed by atoms with E-state index in [4.69, 9.17) is 5.73 Å². The van der Waals surface area contributed by atoms with Crippen LogP contribution in [0.5, 0.6) is 0 Å². The maximum Gasteiger partial charge on any atom is 0.237 e. The monoisotopic (exact) mass is 323 g/mol. The maximum atomic E-state index is 12.1. The first kappa shape index (κ1) is 16.5. The lowest BCUT2D eigenvalue weighted by Crippen LogP contribution is -2.42. The molecule has 0 aromatic heterocycles. The van der Waals surface area contributed by atoms with Gasteiger partial charge in [0, 0.05) is 25.3 Å². The lowest BCUT2D eigenvalue weighted by atomic mass is 10.1. The normalized spacial score (nSPS) is 14.3. The Kier molecular flexibility index (Phi) is 5.49. The number of hydrogen-bond acceptors (Lipinski definition) is 3. The van der Waals surface area contributed by atoms with Gasteiger partial charge in [-0.1, -0.05) is 48.5 Å². The van der Waals surface area contributed by atoms with E-state index in [1.54, 1.807) is 0 Å². The smallest absolute Gasteiger partial charge is 0.237 e. The molecule has 126 valence electrons. The van der Waals surface area contributed by atoms with Gasteiger partial charge in [-0.3, -0.25) is 4.79 Å². The molecule has 4 nitrogen and oxygen atoms in total. The molecule has 1 aliphatic rings. The second kappa shape index (κ2) is 7.97. The molecule has 4 heteroatoms. The molecular weight excluding hydrogens is 298 g/mol. The number of amides is 1.